The number of carbonyl (C=O) groups excluding carboxylic acids is 1. The first-order chi connectivity index (χ1) is 19.2. The van der Waals surface area contributed by atoms with Crippen LogP contribution in [0, 0.1) is 17.8 Å². The molecule has 226 valence electrons. The molecule has 0 aromatic heterocycles. The minimum absolute atomic E-state index is 0.191. The highest BCUT2D eigenvalue weighted by Gasteiger charge is 2.15. The first-order valence-electron chi connectivity index (χ1n) is 16.9. The molecule has 0 heterocycles. The number of unbranched alkanes of at least 4 members (excludes halogenated alkanes) is 1. The zero-order valence-corrected chi connectivity index (χ0v) is 28.0. The molecule has 0 bridgehead atoms. The van der Waals surface area contributed by atoms with Gasteiger partial charge in [-0.1, -0.05) is 137 Å². The largest absolute Gasteiger partial charge is 0.295 e. The zero-order valence-electron chi connectivity index (χ0n) is 28.0. The smallest absolute Gasteiger partial charge is 0.160 e. The van der Waals surface area contributed by atoms with Crippen molar-refractivity contribution in [1.29, 1.82) is 0 Å². The highest BCUT2D eigenvalue weighted by molar-refractivity contribution is 5.95. The van der Waals surface area contributed by atoms with Crippen molar-refractivity contribution in [2.75, 3.05) is 0 Å². The van der Waals surface area contributed by atoms with Crippen molar-refractivity contribution in [2.24, 2.45) is 17.8 Å². The van der Waals surface area contributed by atoms with Crippen LogP contribution in [-0.2, 0) is 32.1 Å². The van der Waals surface area contributed by atoms with Crippen LogP contribution in [0.4, 0.5) is 0 Å². The normalized spacial score (nSPS) is 15.6. The third kappa shape index (κ3) is 14.1. The molecule has 2 aromatic rings. The number of carbonyl (C=O) groups is 1. The summed E-state index contributed by atoms with van der Waals surface area (Å²) in [5.41, 5.74) is 8.33. The Kier molecular flexibility index (Phi) is 18.9. The van der Waals surface area contributed by atoms with Crippen molar-refractivity contribution >= 4 is 5.78 Å². The summed E-state index contributed by atoms with van der Waals surface area (Å²) in [6.45, 7) is 19.7. The van der Waals surface area contributed by atoms with Crippen LogP contribution in [0.25, 0.3) is 0 Å². The van der Waals surface area contributed by atoms with E-state index in [1.165, 1.54) is 81.8 Å². The lowest BCUT2D eigenvalue weighted by molar-refractivity contribution is 0.101. The predicted molar refractivity (Wildman–Crippen MR) is 179 cm³/mol. The average molecular weight is 549 g/mol. The van der Waals surface area contributed by atoms with Crippen molar-refractivity contribution in [1.82, 2.24) is 0 Å². The molecule has 0 saturated heterocycles. The second-order valence-electron chi connectivity index (χ2n) is 12.8. The predicted octanol–water partition coefficient (Wildman–Crippen LogP) is 11.8. The van der Waals surface area contributed by atoms with E-state index in [-0.39, 0.29) is 5.78 Å². The van der Waals surface area contributed by atoms with Crippen LogP contribution in [0.5, 0.6) is 0 Å². The van der Waals surface area contributed by atoms with E-state index in [0.29, 0.717) is 0 Å². The summed E-state index contributed by atoms with van der Waals surface area (Å²) in [5, 5.41) is 0. The molecule has 0 saturated carbocycles. The minimum atomic E-state index is 0.191. The molecule has 3 unspecified atom stereocenters. The second-order valence-corrected chi connectivity index (χ2v) is 12.8. The molecule has 3 atom stereocenters. The van der Waals surface area contributed by atoms with Gasteiger partial charge >= 0.3 is 0 Å². The number of benzene rings is 2. The fourth-order valence-electron chi connectivity index (χ4n) is 5.85. The Bertz CT molecular complexity index is 955. The number of rotatable bonds is 13. The summed E-state index contributed by atoms with van der Waals surface area (Å²) >= 11 is 0. The standard InChI is InChI=1S/C19H30O.C17H26.C3H8/c1-5-7-9-15(3)10-11-17-12-13-19(16(4)20)18(14-17)8-6-2;1-4-5-13(2)10-15-7-9-16-11-14(3)6-8-17(16)12-15;1-3-2/h12-15H,5-11H2,1-4H3;7,9,12-14H,4-6,8,10-11H2,1-3H3;3H2,1-2H3. The van der Waals surface area contributed by atoms with Gasteiger partial charge in [0.25, 0.3) is 0 Å². The van der Waals surface area contributed by atoms with E-state index in [2.05, 4.69) is 85.7 Å². The quantitative estimate of drug-likeness (QED) is 0.227. The molecule has 1 heteroatoms. The van der Waals surface area contributed by atoms with E-state index in [9.17, 15) is 4.79 Å². The van der Waals surface area contributed by atoms with Crippen LogP contribution in [0.3, 0.4) is 0 Å². The SMILES string of the molecule is CCC.CCCC(C)Cc1ccc2c(c1)CCC(C)C2.CCCCC(C)CCc1ccc(C(C)=O)c(CCC)c1. The maximum absolute atomic E-state index is 11.6. The van der Waals surface area contributed by atoms with Gasteiger partial charge in [-0.05, 0) is 97.4 Å². The van der Waals surface area contributed by atoms with E-state index >= 15 is 0 Å². The number of fused-ring (bicyclic) bond motifs is 1. The fourth-order valence-corrected chi connectivity index (χ4v) is 5.85. The summed E-state index contributed by atoms with van der Waals surface area (Å²) in [5.74, 6) is 2.71. The molecular weight excluding hydrogens is 484 g/mol. The van der Waals surface area contributed by atoms with Crippen molar-refractivity contribution in [3.8, 4) is 0 Å². The lowest BCUT2D eigenvalue weighted by atomic mass is 9.83. The van der Waals surface area contributed by atoms with Gasteiger partial charge in [-0.25, -0.2) is 0 Å². The molecule has 40 heavy (non-hydrogen) atoms. The Labute approximate surface area is 250 Å². The van der Waals surface area contributed by atoms with Gasteiger partial charge in [0.15, 0.2) is 5.78 Å². The van der Waals surface area contributed by atoms with Crippen molar-refractivity contribution in [3.63, 3.8) is 0 Å². The molecule has 0 fully saturated rings. The molecular formula is C39H64O. The summed E-state index contributed by atoms with van der Waals surface area (Å²) in [6, 6.07) is 13.7. The van der Waals surface area contributed by atoms with Gasteiger partial charge < -0.3 is 0 Å². The summed E-state index contributed by atoms with van der Waals surface area (Å²) in [7, 11) is 0. The van der Waals surface area contributed by atoms with Gasteiger partial charge in [-0.2, -0.15) is 0 Å². The highest BCUT2D eigenvalue weighted by Crippen LogP contribution is 2.27. The zero-order chi connectivity index (χ0) is 29.9. The van der Waals surface area contributed by atoms with E-state index in [1.54, 1.807) is 23.6 Å². The fraction of sp³-hybridized carbons (Fsp3) is 0.667. The third-order valence-electron chi connectivity index (χ3n) is 8.16. The van der Waals surface area contributed by atoms with E-state index < -0.39 is 0 Å². The minimum Gasteiger partial charge on any atom is -0.295 e. The maximum atomic E-state index is 11.6. The molecule has 1 aliphatic rings. The molecule has 0 aliphatic heterocycles. The van der Waals surface area contributed by atoms with E-state index in [0.717, 1.165) is 42.6 Å². The van der Waals surface area contributed by atoms with Gasteiger partial charge in [-0.15, -0.1) is 0 Å². The topological polar surface area (TPSA) is 17.1 Å². The Morgan fingerprint density at radius 1 is 0.800 bits per heavy atom. The van der Waals surface area contributed by atoms with Crippen LogP contribution in [0.1, 0.15) is 158 Å². The van der Waals surface area contributed by atoms with E-state index in [1.807, 2.05) is 6.07 Å². The van der Waals surface area contributed by atoms with Crippen LogP contribution >= 0.6 is 0 Å². The maximum Gasteiger partial charge on any atom is 0.160 e. The number of Topliss-reactive ketones (excluding diaryl/α,β-unsaturated/α-hetero) is 1. The Morgan fingerprint density at radius 3 is 2.12 bits per heavy atom. The van der Waals surface area contributed by atoms with Gasteiger partial charge in [0, 0.05) is 5.56 Å². The van der Waals surface area contributed by atoms with Crippen molar-refractivity contribution in [2.45, 2.75) is 152 Å². The monoisotopic (exact) mass is 548 g/mol. The lowest BCUT2D eigenvalue weighted by Gasteiger charge is -2.22. The number of aryl methyl sites for hydroxylation is 3. The van der Waals surface area contributed by atoms with Crippen molar-refractivity contribution < 1.29 is 4.79 Å². The molecule has 0 amide bonds. The molecule has 2 aromatic carbocycles. The van der Waals surface area contributed by atoms with Crippen LogP contribution in [-0.4, -0.2) is 5.78 Å². The van der Waals surface area contributed by atoms with Gasteiger partial charge in [0.2, 0.25) is 0 Å². The molecule has 1 aliphatic carbocycles. The highest BCUT2D eigenvalue weighted by atomic mass is 16.1. The summed E-state index contributed by atoms with van der Waals surface area (Å²) in [4.78, 5) is 11.6. The van der Waals surface area contributed by atoms with Gasteiger partial charge in [0.05, 0.1) is 0 Å². The van der Waals surface area contributed by atoms with E-state index in [4.69, 9.17) is 0 Å². The summed E-state index contributed by atoms with van der Waals surface area (Å²) < 4.78 is 0. The third-order valence-corrected chi connectivity index (χ3v) is 8.16. The van der Waals surface area contributed by atoms with Crippen LogP contribution in [0.2, 0.25) is 0 Å². The Hall–Kier alpha value is -1.89. The average Bonchev–Trinajstić information content (AvgIpc) is 2.92. The number of hydrogen-bond acceptors (Lipinski definition) is 1. The lowest BCUT2D eigenvalue weighted by Crippen LogP contribution is -2.12. The molecule has 0 N–H and O–H groups in total. The van der Waals surface area contributed by atoms with Gasteiger partial charge in [-0.3, -0.25) is 4.79 Å². The second kappa shape index (κ2) is 20.9. The molecule has 0 radical (unpaired) electrons. The van der Waals surface area contributed by atoms with Crippen LogP contribution in [0.15, 0.2) is 36.4 Å². The summed E-state index contributed by atoms with van der Waals surface area (Å²) in [6.07, 6.45) is 17.6. The first kappa shape index (κ1) is 36.1. The Morgan fingerprint density at radius 2 is 1.50 bits per heavy atom. The van der Waals surface area contributed by atoms with Crippen LogP contribution < -0.4 is 0 Å². The Balaban J connectivity index is 0.000000367. The number of ketones is 1. The molecule has 1 nitrogen and oxygen atoms in total. The molecule has 3 rings (SSSR count). The van der Waals surface area contributed by atoms with Crippen molar-refractivity contribution in [3.05, 3.63) is 69.8 Å². The van der Waals surface area contributed by atoms with Gasteiger partial charge in [0.1, 0.15) is 0 Å². The number of hydrogen-bond donors (Lipinski definition) is 0. The first-order valence-corrected chi connectivity index (χ1v) is 16.9. The molecule has 0 spiro atoms.